The van der Waals surface area contributed by atoms with Crippen molar-refractivity contribution in [3.63, 3.8) is 0 Å². The van der Waals surface area contributed by atoms with Gasteiger partial charge in [-0.3, -0.25) is 14.9 Å². The van der Waals surface area contributed by atoms with Gasteiger partial charge in [0.25, 0.3) is 5.69 Å². The maximum Gasteiger partial charge on any atom is 0.354 e. The molecule has 1 aromatic rings. The first kappa shape index (κ1) is 14.4. The van der Waals surface area contributed by atoms with E-state index in [9.17, 15) is 19.7 Å². The fourth-order valence-corrected chi connectivity index (χ4v) is 1.27. The first-order valence-electron chi connectivity index (χ1n) is 5.38. The molecule has 1 rings (SSSR count). The van der Waals surface area contributed by atoms with Crippen molar-refractivity contribution in [3.05, 3.63) is 51.7 Å². The zero-order valence-electron chi connectivity index (χ0n) is 10.2. The minimum atomic E-state index is -0.804. The van der Waals surface area contributed by atoms with Crippen molar-refractivity contribution in [2.75, 3.05) is 6.61 Å². The summed E-state index contributed by atoms with van der Waals surface area (Å²) in [7, 11) is 0. The number of nitrogens with zero attached hydrogens (tertiary/aromatic N) is 1. The van der Waals surface area contributed by atoms with Crippen molar-refractivity contribution >= 4 is 17.4 Å². The van der Waals surface area contributed by atoms with E-state index in [1.807, 2.05) is 0 Å². The predicted octanol–water partition coefficient (Wildman–Crippen LogP) is 1.18. The molecule has 0 aliphatic carbocycles. The van der Waals surface area contributed by atoms with E-state index in [4.69, 9.17) is 5.73 Å². The highest BCUT2D eigenvalue weighted by Crippen LogP contribution is 2.14. The van der Waals surface area contributed by atoms with Crippen LogP contribution in [0.3, 0.4) is 0 Å². The third kappa shape index (κ3) is 3.91. The van der Waals surface area contributed by atoms with E-state index in [0.717, 1.165) is 12.1 Å². The molecule has 19 heavy (non-hydrogen) atoms. The summed E-state index contributed by atoms with van der Waals surface area (Å²) < 4.78 is 4.61. The number of nitro benzene ring substituents is 1. The van der Waals surface area contributed by atoms with Crippen molar-refractivity contribution in [2.24, 2.45) is 5.73 Å². The van der Waals surface area contributed by atoms with Crippen LogP contribution in [0.4, 0.5) is 5.69 Å². The second-order valence-electron chi connectivity index (χ2n) is 3.49. The van der Waals surface area contributed by atoms with Crippen LogP contribution in [0.5, 0.6) is 0 Å². The van der Waals surface area contributed by atoms with E-state index in [2.05, 4.69) is 4.74 Å². The van der Waals surface area contributed by atoms with Gasteiger partial charge >= 0.3 is 5.97 Å². The normalized spacial score (nSPS) is 10.9. The lowest BCUT2D eigenvalue weighted by Gasteiger charge is -2.01. The molecule has 0 heterocycles. The van der Waals surface area contributed by atoms with Crippen LogP contribution in [0, 0.1) is 10.1 Å². The number of ketones is 1. The standard InChI is InChI=1S/C12H12N2O5/c1-2-19-12(16)10(13)7-11(15)8-4-3-5-9(6-8)14(17)18/h3-7H,2,13H2,1H3/b10-7-. The molecule has 0 aromatic heterocycles. The van der Waals surface area contributed by atoms with Crippen molar-refractivity contribution < 1.29 is 19.2 Å². The Balaban J connectivity index is 2.95. The Morgan fingerprint density at radius 1 is 1.47 bits per heavy atom. The minimum Gasteiger partial charge on any atom is -0.461 e. The molecule has 0 unspecified atom stereocenters. The largest absolute Gasteiger partial charge is 0.461 e. The second-order valence-corrected chi connectivity index (χ2v) is 3.49. The summed E-state index contributed by atoms with van der Waals surface area (Å²) in [5.74, 6) is -1.41. The monoisotopic (exact) mass is 264 g/mol. The van der Waals surface area contributed by atoms with Gasteiger partial charge in [0, 0.05) is 23.8 Å². The average molecular weight is 264 g/mol. The number of rotatable bonds is 5. The molecular weight excluding hydrogens is 252 g/mol. The molecule has 100 valence electrons. The number of nitrogens with two attached hydrogens (primary N) is 1. The topological polar surface area (TPSA) is 113 Å². The molecular formula is C12H12N2O5. The van der Waals surface area contributed by atoms with Gasteiger partial charge in [-0.2, -0.15) is 0 Å². The van der Waals surface area contributed by atoms with Crippen LogP contribution in [0.1, 0.15) is 17.3 Å². The molecule has 0 aliphatic heterocycles. The molecule has 0 fully saturated rings. The average Bonchev–Trinajstić information content (AvgIpc) is 2.39. The molecule has 0 bridgehead atoms. The lowest BCUT2D eigenvalue weighted by atomic mass is 10.1. The third-order valence-corrected chi connectivity index (χ3v) is 2.14. The van der Waals surface area contributed by atoms with Crippen molar-refractivity contribution in [1.82, 2.24) is 0 Å². The van der Waals surface area contributed by atoms with Crippen LogP contribution in [-0.2, 0) is 9.53 Å². The summed E-state index contributed by atoms with van der Waals surface area (Å²) >= 11 is 0. The zero-order chi connectivity index (χ0) is 14.4. The Bertz CT molecular complexity index is 551. The molecule has 7 nitrogen and oxygen atoms in total. The van der Waals surface area contributed by atoms with Crippen LogP contribution in [0.25, 0.3) is 0 Å². The third-order valence-electron chi connectivity index (χ3n) is 2.14. The number of allylic oxidation sites excluding steroid dienone is 1. The van der Waals surface area contributed by atoms with Crippen molar-refractivity contribution in [2.45, 2.75) is 6.92 Å². The lowest BCUT2D eigenvalue weighted by Crippen LogP contribution is -2.16. The van der Waals surface area contributed by atoms with E-state index in [0.29, 0.717) is 0 Å². The smallest absolute Gasteiger partial charge is 0.354 e. The van der Waals surface area contributed by atoms with Gasteiger partial charge in [-0.25, -0.2) is 4.79 Å². The van der Waals surface area contributed by atoms with Crippen LogP contribution in [-0.4, -0.2) is 23.3 Å². The lowest BCUT2D eigenvalue weighted by molar-refractivity contribution is -0.384. The molecule has 2 N–H and O–H groups in total. The summed E-state index contributed by atoms with van der Waals surface area (Å²) in [4.78, 5) is 32.9. The summed E-state index contributed by atoms with van der Waals surface area (Å²) in [5.41, 5.74) is 4.88. The molecule has 7 heteroatoms. The molecule has 0 atom stereocenters. The fourth-order valence-electron chi connectivity index (χ4n) is 1.27. The van der Waals surface area contributed by atoms with Gasteiger partial charge in [0.1, 0.15) is 5.70 Å². The van der Waals surface area contributed by atoms with Gasteiger partial charge < -0.3 is 10.5 Å². The van der Waals surface area contributed by atoms with Gasteiger partial charge in [-0.1, -0.05) is 12.1 Å². The highest BCUT2D eigenvalue weighted by atomic mass is 16.6. The minimum absolute atomic E-state index is 0.0708. The number of carbonyl (C=O) groups is 2. The molecule has 0 spiro atoms. The Hall–Kier alpha value is -2.70. The van der Waals surface area contributed by atoms with Crippen LogP contribution in [0.2, 0.25) is 0 Å². The molecule has 1 aromatic carbocycles. The number of nitro groups is 1. The second kappa shape index (κ2) is 6.29. The zero-order valence-corrected chi connectivity index (χ0v) is 10.2. The number of carbonyl (C=O) groups excluding carboxylic acids is 2. The summed E-state index contributed by atoms with van der Waals surface area (Å²) in [5, 5.41) is 10.6. The van der Waals surface area contributed by atoms with Crippen molar-refractivity contribution in [3.8, 4) is 0 Å². The number of hydrogen-bond donors (Lipinski definition) is 1. The van der Waals surface area contributed by atoms with Gasteiger partial charge in [-0.15, -0.1) is 0 Å². The summed E-state index contributed by atoms with van der Waals surface area (Å²) in [6, 6.07) is 5.14. The van der Waals surface area contributed by atoms with Crippen molar-refractivity contribution in [1.29, 1.82) is 0 Å². The van der Waals surface area contributed by atoms with Gasteiger partial charge in [-0.05, 0) is 6.92 Å². The first-order chi connectivity index (χ1) is 8.95. The number of benzene rings is 1. The molecule has 0 amide bonds. The quantitative estimate of drug-likeness (QED) is 0.281. The number of hydrogen-bond acceptors (Lipinski definition) is 6. The van der Waals surface area contributed by atoms with E-state index in [-0.39, 0.29) is 23.6 Å². The Kier molecular flexibility index (Phi) is 4.76. The maximum atomic E-state index is 11.8. The summed E-state index contributed by atoms with van der Waals surface area (Å²) in [6.45, 7) is 1.74. The SMILES string of the molecule is CCOC(=O)/C(N)=C/C(=O)c1cccc([N+](=O)[O-])c1. The van der Waals surface area contributed by atoms with Crippen LogP contribution >= 0.6 is 0 Å². The summed E-state index contributed by atoms with van der Waals surface area (Å²) in [6.07, 6.45) is 0.886. The van der Waals surface area contributed by atoms with E-state index < -0.39 is 16.7 Å². The Morgan fingerprint density at radius 2 is 2.16 bits per heavy atom. The van der Waals surface area contributed by atoms with E-state index in [1.54, 1.807) is 6.92 Å². The molecule has 0 aliphatic rings. The number of non-ortho nitro benzene ring substituents is 1. The first-order valence-corrected chi connectivity index (χ1v) is 5.38. The fraction of sp³-hybridized carbons (Fsp3) is 0.167. The Morgan fingerprint density at radius 3 is 2.74 bits per heavy atom. The Labute approximate surface area is 108 Å². The number of esters is 1. The van der Waals surface area contributed by atoms with Gasteiger partial charge in [0.05, 0.1) is 11.5 Å². The molecule has 0 saturated carbocycles. The molecule has 0 radical (unpaired) electrons. The van der Waals surface area contributed by atoms with Crippen LogP contribution in [0.15, 0.2) is 36.0 Å². The van der Waals surface area contributed by atoms with Crippen LogP contribution < -0.4 is 5.73 Å². The van der Waals surface area contributed by atoms with Gasteiger partial charge in [0.2, 0.25) is 0 Å². The number of ether oxygens (including phenoxy) is 1. The molecule has 0 saturated heterocycles. The highest BCUT2D eigenvalue weighted by molar-refractivity contribution is 6.08. The highest BCUT2D eigenvalue weighted by Gasteiger charge is 2.13. The predicted molar refractivity (Wildman–Crippen MR) is 66.3 cm³/mol. The van der Waals surface area contributed by atoms with E-state index in [1.165, 1.54) is 18.2 Å². The van der Waals surface area contributed by atoms with Gasteiger partial charge in [0.15, 0.2) is 5.78 Å². The maximum absolute atomic E-state index is 11.8. The van der Waals surface area contributed by atoms with E-state index >= 15 is 0 Å².